The van der Waals surface area contributed by atoms with Crippen molar-refractivity contribution in [2.75, 3.05) is 26.2 Å². The van der Waals surface area contributed by atoms with Crippen molar-refractivity contribution in [2.45, 2.75) is 26.3 Å². The van der Waals surface area contributed by atoms with E-state index in [4.69, 9.17) is 0 Å². The zero-order valence-corrected chi connectivity index (χ0v) is 13.4. The molecule has 0 bridgehead atoms. The molecule has 1 aliphatic rings. The summed E-state index contributed by atoms with van der Waals surface area (Å²) in [5.41, 5.74) is 0.590. The minimum Gasteiger partial charge on any atom is -0.356 e. The van der Waals surface area contributed by atoms with Gasteiger partial charge in [0.2, 0.25) is 5.91 Å². The first-order chi connectivity index (χ1) is 11.1. The van der Waals surface area contributed by atoms with E-state index in [1.54, 1.807) is 17.5 Å². The molecule has 1 unspecified atom stereocenters. The number of hydrogen-bond acceptors (Lipinski definition) is 4. The molecule has 1 saturated heterocycles. The smallest absolute Gasteiger partial charge is 0.350 e. The van der Waals surface area contributed by atoms with Gasteiger partial charge in [0.1, 0.15) is 0 Å². The molecular weight excluding hydrogens is 294 g/mol. The summed E-state index contributed by atoms with van der Waals surface area (Å²) in [7, 11) is 0. The van der Waals surface area contributed by atoms with Crippen LogP contribution in [0.25, 0.3) is 5.65 Å². The number of nitrogens with zero attached hydrogens (tertiary/aromatic N) is 4. The lowest BCUT2D eigenvalue weighted by Crippen LogP contribution is -2.42. The third-order valence-corrected chi connectivity index (χ3v) is 4.36. The van der Waals surface area contributed by atoms with E-state index in [1.165, 1.54) is 4.68 Å². The van der Waals surface area contributed by atoms with Gasteiger partial charge in [0.25, 0.3) is 0 Å². The molecule has 0 aromatic carbocycles. The Morgan fingerprint density at radius 2 is 2.26 bits per heavy atom. The summed E-state index contributed by atoms with van der Waals surface area (Å²) < 4.78 is 3.10. The van der Waals surface area contributed by atoms with Gasteiger partial charge in [-0.05, 0) is 37.4 Å². The standard InChI is InChI=1S/C16H23N5O2/c1-13(22)17-11-14-5-4-7-19(12-14)9-10-21-16(23)20-8-3-2-6-15(20)18-21/h2-3,6,8,14H,4-5,7,9-12H2,1H3,(H,17,22). The second-order valence-corrected chi connectivity index (χ2v) is 6.18. The largest absolute Gasteiger partial charge is 0.356 e. The summed E-state index contributed by atoms with van der Waals surface area (Å²) in [6.07, 6.45) is 4.01. The zero-order valence-electron chi connectivity index (χ0n) is 13.4. The fraction of sp³-hybridized carbons (Fsp3) is 0.562. The lowest BCUT2D eigenvalue weighted by molar-refractivity contribution is -0.119. The Morgan fingerprint density at radius 1 is 1.39 bits per heavy atom. The van der Waals surface area contributed by atoms with Crippen molar-refractivity contribution in [3.63, 3.8) is 0 Å². The number of nitrogens with one attached hydrogen (secondary N) is 1. The van der Waals surface area contributed by atoms with Crippen molar-refractivity contribution in [3.05, 3.63) is 34.9 Å². The van der Waals surface area contributed by atoms with Crippen LogP contribution in [0.15, 0.2) is 29.2 Å². The van der Waals surface area contributed by atoms with Gasteiger partial charge in [-0.15, -0.1) is 5.10 Å². The van der Waals surface area contributed by atoms with Gasteiger partial charge in [-0.25, -0.2) is 9.48 Å². The van der Waals surface area contributed by atoms with Gasteiger partial charge in [-0.1, -0.05) is 6.07 Å². The Morgan fingerprint density at radius 3 is 3.04 bits per heavy atom. The molecule has 3 rings (SSSR count). The van der Waals surface area contributed by atoms with Gasteiger partial charge in [0.05, 0.1) is 6.54 Å². The van der Waals surface area contributed by atoms with Gasteiger partial charge in [-0.2, -0.15) is 0 Å². The van der Waals surface area contributed by atoms with Gasteiger partial charge >= 0.3 is 5.69 Å². The molecule has 23 heavy (non-hydrogen) atoms. The molecular formula is C16H23N5O2. The van der Waals surface area contributed by atoms with Crippen LogP contribution in [0.5, 0.6) is 0 Å². The van der Waals surface area contributed by atoms with Crippen LogP contribution in [0.4, 0.5) is 0 Å². The molecule has 2 aromatic heterocycles. The minimum atomic E-state index is -0.0904. The lowest BCUT2D eigenvalue weighted by Gasteiger charge is -2.32. The molecule has 1 aliphatic heterocycles. The number of piperidine rings is 1. The molecule has 124 valence electrons. The van der Waals surface area contributed by atoms with E-state index in [2.05, 4.69) is 15.3 Å². The van der Waals surface area contributed by atoms with Crippen LogP contribution in [-0.2, 0) is 11.3 Å². The number of carbonyl (C=O) groups is 1. The number of aromatic nitrogens is 3. The highest BCUT2D eigenvalue weighted by molar-refractivity contribution is 5.72. The van der Waals surface area contributed by atoms with Gasteiger partial charge in [-0.3, -0.25) is 9.20 Å². The molecule has 1 fully saturated rings. The summed E-state index contributed by atoms with van der Waals surface area (Å²) >= 11 is 0. The average molecular weight is 317 g/mol. The van der Waals surface area contributed by atoms with E-state index < -0.39 is 0 Å². The highest BCUT2D eigenvalue weighted by Crippen LogP contribution is 2.15. The Hall–Kier alpha value is -2.15. The summed E-state index contributed by atoms with van der Waals surface area (Å²) in [5, 5.41) is 7.26. The summed E-state index contributed by atoms with van der Waals surface area (Å²) in [5.74, 6) is 0.517. The number of hydrogen-bond donors (Lipinski definition) is 1. The number of pyridine rings is 1. The predicted molar refractivity (Wildman–Crippen MR) is 87.3 cm³/mol. The number of fused-ring (bicyclic) bond motifs is 1. The molecule has 0 aliphatic carbocycles. The minimum absolute atomic E-state index is 0.0263. The number of amides is 1. The Bertz CT molecular complexity index is 735. The van der Waals surface area contributed by atoms with Crippen LogP contribution in [0.2, 0.25) is 0 Å². The van der Waals surface area contributed by atoms with Gasteiger partial charge in [0, 0.05) is 32.8 Å². The van der Waals surface area contributed by atoms with Crippen molar-refractivity contribution in [1.82, 2.24) is 24.4 Å². The van der Waals surface area contributed by atoms with Crippen LogP contribution in [-0.4, -0.2) is 51.2 Å². The van der Waals surface area contributed by atoms with E-state index in [0.29, 0.717) is 18.1 Å². The molecule has 7 nitrogen and oxygen atoms in total. The zero-order chi connectivity index (χ0) is 16.2. The normalized spacial score (nSPS) is 19.1. The van der Waals surface area contributed by atoms with Crippen LogP contribution in [0.1, 0.15) is 19.8 Å². The van der Waals surface area contributed by atoms with Gasteiger partial charge in [0.15, 0.2) is 5.65 Å². The molecule has 0 spiro atoms. The third-order valence-electron chi connectivity index (χ3n) is 4.36. The first-order valence-electron chi connectivity index (χ1n) is 8.14. The third kappa shape index (κ3) is 3.79. The van der Waals surface area contributed by atoms with Gasteiger partial charge < -0.3 is 10.2 Å². The van der Waals surface area contributed by atoms with Crippen molar-refractivity contribution in [1.29, 1.82) is 0 Å². The summed E-state index contributed by atoms with van der Waals surface area (Å²) in [6, 6.07) is 5.54. The van der Waals surface area contributed by atoms with Crippen LogP contribution < -0.4 is 11.0 Å². The van der Waals surface area contributed by atoms with Crippen molar-refractivity contribution in [2.24, 2.45) is 5.92 Å². The predicted octanol–water partition coefficient (Wildman–Crippen LogP) is 0.344. The molecule has 3 heterocycles. The maximum absolute atomic E-state index is 12.2. The maximum atomic E-state index is 12.2. The molecule has 7 heteroatoms. The van der Waals surface area contributed by atoms with E-state index in [9.17, 15) is 9.59 Å². The number of carbonyl (C=O) groups excluding carboxylic acids is 1. The first-order valence-corrected chi connectivity index (χ1v) is 8.14. The highest BCUT2D eigenvalue weighted by Gasteiger charge is 2.20. The molecule has 0 radical (unpaired) electrons. The highest BCUT2D eigenvalue weighted by atomic mass is 16.2. The number of likely N-dealkylation sites (tertiary alicyclic amines) is 1. The lowest BCUT2D eigenvalue weighted by atomic mass is 9.98. The summed E-state index contributed by atoms with van der Waals surface area (Å²) in [6.45, 7) is 5.69. The molecule has 0 saturated carbocycles. The quantitative estimate of drug-likeness (QED) is 0.863. The van der Waals surface area contributed by atoms with Crippen molar-refractivity contribution >= 4 is 11.6 Å². The van der Waals surface area contributed by atoms with Crippen molar-refractivity contribution < 1.29 is 4.79 Å². The average Bonchev–Trinajstić information content (AvgIpc) is 2.88. The van der Waals surface area contributed by atoms with E-state index in [1.807, 2.05) is 18.2 Å². The first kappa shape index (κ1) is 15.7. The SMILES string of the molecule is CC(=O)NCC1CCCN(CCn2nc3ccccn3c2=O)C1. The Labute approximate surface area is 134 Å². The molecule has 2 aromatic rings. The second kappa shape index (κ2) is 6.95. The molecule has 1 N–H and O–H groups in total. The Kier molecular flexibility index (Phi) is 4.76. The van der Waals surface area contributed by atoms with Crippen LogP contribution >= 0.6 is 0 Å². The summed E-state index contributed by atoms with van der Waals surface area (Å²) in [4.78, 5) is 25.6. The molecule has 1 amide bonds. The monoisotopic (exact) mass is 317 g/mol. The van der Waals surface area contributed by atoms with E-state index in [0.717, 1.165) is 39.0 Å². The topological polar surface area (TPSA) is 71.6 Å². The van der Waals surface area contributed by atoms with E-state index >= 15 is 0 Å². The fourth-order valence-corrected chi connectivity index (χ4v) is 3.16. The van der Waals surface area contributed by atoms with Crippen molar-refractivity contribution in [3.8, 4) is 0 Å². The maximum Gasteiger partial charge on any atom is 0.350 e. The fourth-order valence-electron chi connectivity index (χ4n) is 3.16. The van der Waals surface area contributed by atoms with Crippen LogP contribution in [0, 0.1) is 5.92 Å². The second-order valence-electron chi connectivity index (χ2n) is 6.18. The van der Waals surface area contributed by atoms with E-state index in [-0.39, 0.29) is 11.6 Å². The Balaban J connectivity index is 1.57. The van der Waals surface area contributed by atoms with Crippen LogP contribution in [0.3, 0.4) is 0 Å². The molecule has 1 atom stereocenters. The number of rotatable bonds is 5.